The first-order valence-electron chi connectivity index (χ1n) is 8.38. The molecule has 0 radical (unpaired) electrons. The van der Waals surface area contributed by atoms with Crippen LogP contribution in [0.1, 0.15) is 16.8 Å². The van der Waals surface area contributed by atoms with Crippen LogP contribution in [-0.2, 0) is 0 Å². The smallest absolute Gasteiger partial charge is 0.258 e. The van der Waals surface area contributed by atoms with Crippen LogP contribution in [0.3, 0.4) is 0 Å². The zero-order valence-corrected chi connectivity index (χ0v) is 14.1. The molecule has 0 aliphatic carbocycles. The van der Waals surface area contributed by atoms with Gasteiger partial charge in [0.2, 0.25) is 0 Å². The summed E-state index contributed by atoms with van der Waals surface area (Å²) in [4.78, 5) is 14.5. The van der Waals surface area contributed by atoms with Crippen molar-refractivity contribution in [1.82, 2.24) is 0 Å². The summed E-state index contributed by atoms with van der Waals surface area (Å²) in [5.41, 5.74) is 1.80. The van der Waals surface area contributed by atoms with Crippen molar-refractivity contribution in [2.75, 3.05) is 25.2 Å². The van der Waals surface area contributed by atoms with Gasteiger partial charge in [0.1, 0.15) is 11.5 Å². The van der Waals surface area contributed by atoms with Gasteiger partial charge in [-0.25, -0.2) is 0 Å². The summed E-state index contributed by atoms with van der Waals surface area (Å²) >= 11 is 0. The lowest BCUT2D eigenvalue weighted by Crippen LogP contribution is -2.28. The minimum absolute atomic E-state index is 0.0799. The molecule has 0 unspecified atom stereocenters. The first kappa shape index (κ1) is 15.5. The zero-order chi connectivity index (χ0) is 17.2. The predicted octanol–water partition coefficient (Wildman–Crippen LogP) is 4.28. The van der Waals surface area contributed by atoms with Crippen LogP contribution in [0.5, 0.6) is 11.5 Å². The molecule has 0 fully saturated rings. The molecule has 25 heavy (non-hydrogen) atoms. The minimum Gasteiger partial charge on any atom is -0.497 e. The van der Waals surface area contributed by atoms with Crippen molar-refractivity contribution in [1.29, 1.82) is 0 Å². The average Bonchev–Trinajstić information content (AvgIpc) is 2.93. The van der Waals surface area contributed by atoms with Crippen LogP contribution in [0, 0.1) is 0 Å². The topological polar surface area (TPSA) is 38.8 Å². The van der Waals surface area contributed by atoms with E-state index in [1.807, 2.05) is 65.6 Å². The van der Waals surface area contributed by atoms with E-state index in [2.05, 4.69) is 0 Å². The molecule has 1 amide bonds. The Morgan fingerprint density at radius 2 is 1.64 bits per heavy atom. The number of ether oxygens (including phenoxy) is 2. The van der Waals surface area contributed by atoms with Crippen LogP contribution < -0.4 is 14.4 Å². The maximum absolute atomic E-state index is 12.7. The number of anilines is 1. The van der Waals surface area contributed by atoms with Crippen LogP contribution >= 0.6 is 0 Å². The maximum Gasteiger partial charge on any atom is 0.258 e. The summed E-state index contributed by atoms with van der Waals surface area (Å²) in [6.07, 6.45) is 0.766. The molecule has 0 saturated carbocycles. The Morgan fingerprint density at radius 1 is 0.920 bits per heavy atom. The Hall–Kier alpha value is -3.01. The highest BCUT2D eigenvalue weighted by Gasteiger charge is 2.28. The number of carbonyl (C=O) groups excluding carboxylic acids is 1. The lowest BCUT2D eigenvalue weighted by atomic mass is 10.1. The number of hydrogen-bond donors (Lipinski definition) is 0. The van der Waals surface area contributed by atoms with Crippen LogP contribution in [0.15, 0.2) is 60.7 Å². The van der Waals surface area contributed by atoms with Crippen molar-refractivity contribution in [2.45, 2.75) is 6.42 Å². The number of amides is 1. The van der Waals surface area contributed by atoms with E-state index >= 15 is 0 Å². The highest BCUT2D eigenvalue weighted by atomic mass is 16.5. The Labute approximate surface area is 146 Å². The molecule has 3 aromatic rings. The lowest BCUT2D eigenvalue weighted by Gasteiger charge is -2.17. The summed E-state index contributed by atoms with van der Waals surface area (Å²) in [6, 6.07) is 19.5. The van der Waals surface area contributed by atoms with Crippen molar-refractivity contribution in [3.05, 3.63) is 66.2 Å². The molecule has 1 aliphatic heterocycles. The van der Waals surface area contributed by atoms with Crippen LogP contribution in [0.4, 0.5) is 5.69 Å². The van der Waals surface area contributed by atoms with Crippen molar-refractivity contribution >= 4 is 22.4 Å². The quantitative estimate of drug-likeness (QED) is 0.632. The van der Waals surface area contributed by atoms with Crippen LogP contribution in [0.25, 0.3) is 10.8 Å². The van der Waals surface area contributed by atoms with E-state index in [9.17, 15) is 4.79 Å². The molecule has 0 atom stereocenters. The molecule has 1 aliphatic rings. The summed E-state index contributed by atoms with van der Waals surface area (Å²) in [5, 5.41) is 2.17. The summed E-state index contributed by atoms with van der Waals surface area (Å²) < 4.78 is 10.9. The molecule has 1 heterocycles. The van der Waals surface area contributed by atoms with Gasteiger partial charge in [0.05, 0.1) is 19.4 Å². The van der Waals surface area contributed by atoms with Gasteiger partial charge in [0.15, 0.2) is 0 Å². The van der Waals surface area contributed by atoms with Crippen LogP contribution in [-0.4, -0.2) is 26.2 Å². The van der Waals surface area contributed by atoms with E-state index in [-0.39, 0.29) is 5.91 Å². The fourth-order valence-electron chi connectivity index (χ4n) is 3.29. The summed E-state index contributed by atoms with van der Waals surface area (Å²) in [6.45, 7) is 1.20. The third kappa shape index (κ3) is 2.80. The van der Waals surface area contributed by atoms with Crippen molar-refractivity contribution in [3.8, 4) is 11.5 Å². The molecule has 0 aromatic heterocycles. The molecular formula is C21H19NO3. The van der Waals surface area contributed by atoms with Gasteiger partial charge in [-0.05, 0) is 48.2 Å². The van der Waals surface area contributed by atoms with Gasteiger partial charge in [-0.15, -0.1) is 0 Å². The summed E-state index contributed by atoms with van der Waals surface area (Å²) in [7, 11) is 1.64. The number of carbonyl (C=O) groups is 1. The van der Waals surface area contributed by atoms with Crippen molar-refractivity contribution in [3.63, 3.8) is 0 Å². The molecule has 3 aromatic carbocycles. The second kappa shape index (κ2) is 6.48. The van der Waals surface area contributed by atoms with E-state index in [1.54, 1.807) is 7.11 Å². The lowest BCUT2D eigenvalue weighted by molar-refractivity contribution is 0.0992. The third-order valence-corrected chi connectivity index (χ3v) is 4.50. The SMILES string of the molecule is COc1ccc(OCCCN2C(=O)c3cccc4cccc2c34)cc1. The Kier molecular flexibility index (Phi) is 4.02. The minimum atomic E-state index is 0.0799. The normalized spacial score (nSPS) is 12.7. The maximum atomic E-state index is 12.7. The Bertz CT molecular complexity index is 913. The van der Waals surface area contributed by atoms with Gasteiger partial charge < -0.3 is 14.4 Å². The average molecular weight is 333 g/mol. The van der Waals surface area contributed by atoms with E-state index < -0.39 is 0 Å². The van der Waals surface area contributed by atoms with Gasteiger partial charge in [0.25, 0.3) is 5.91 Å². The monoisotopic (exact) mass is 333 g/mol. The molecule has 0 N–H and O–H groups in total. The molecule has 126 valence electrons. The van der Waals surface area contributed by atoms with Crippen molar-refractivity contribution in [2.24, 2.45) is 0 Å². The first-order chi connectivity index (χ1) is 12.3. The van der Waals surface area contributed by atoms with Crippen LogP contribution in [0.2, 0.25) is 0 Å². The Balaban J connectivity index is 1.41. The zero-order valence-electron chi connectivity index (χ0n) is 14.1. The van der Waals surface area contributed by atoms with E-state index in [4.69, 9.17) is 9.47 Å². The molecule has 0 saturated heterocycles. The number of rotatable bonds is 6. The highest BCUT2D eigenvalue weighted by molar-refractivity contribution is 6.24. The third-order valence-electron chi connectivity index (χ3n) is 4.50. The fourth-order valence-corrected chi connectivity index (χ4v) is 3.29. The second-order valence-electron chi connectivity index (χ2n) is 6.02. The van der Waals surface area contributed by atoms with Gasteiger partial charge in [0, 0.05) is 17.5 Å². The molecule has 0 bridgehead atoms. The molecular weight excluding hydrogens is 314 g/mol. The highest BCUT2D eigenvalue weighted by Crippen LogP contribution is 2.37. The van der Waals surface area contributed by atoms with Gasteiger partial charge in [-0.2, -0.15) is 0 Å². The number of methoxy groups -OCH3 is 1. The largest absolute Gasteiger partial charge is 0.497 e. The molecule has 4 nitrogen and oxygen atoms in total. The standard InChI is InChI=1S/C21H19NO3/c1-24-16-9-11-17(12-10-16)25-14-4-13-22-19-8-3-6-15-5-2-7-18(20(15)19)21(22)23/h2-3,5-12H,4,13-14H2,1H3. The second-order valence-corrected chi connectivity index (χ2v) is 6.02. The molecule has 0 spiro atoms. The number of hydrogen-bond acceptors (Lipinski definition) is 3. The number of benzene rings is 3. The predicted molar refractivity (Wildman–Crippen MR) is 98.7 cm³/mol. The molecule has 4 rings (SSSR count). The van der Waals surface area contributed by atoms with E-state index in [1.165, 1.54) is 0 Å². The number of nitrogens with zero attached hydrogens (tertiary/aromatic N) is 1. The van der Waals surface area contributed by atoms with E-state index in [0.717, 1.165) is 39.9 Å². The van der Waals surface area contributed by atoms with Gasteiger partial charge >= 0.3 is 0 Å². The Morgan fingerprint density at radius 3 is 2.40 bits per heavy atom. The molecule has 4 heteroatoms. The fraction of sp³-hybridized carbons (Fsp3) is 0.190. The van der Waals surface area contributed by atoms with Crippen molar-refractivity contribution < 1.29 is 14.3 Å². The van der Waals surface area contributed by atoms with E-state index in [0.29, 0.717) is 13.2 Å². The first-order valence-corrected chi connectivity index (χ1v) is 8.38. The van der Waals surface area contributed by atoms with Gasteiger partial charge in [-0.3, -0.25) is 4.79 Å². The summed E-state index contributed by atoms with van der Waals surface area (Å²) in [5.74, 6) is 1.69. The van der Waals surface area contributed by atoms with Gasteiger partial charge in [-0.1, -0.05) is 24.3 Å².